The van der Waals surface area contributed by atoms with Gasteiger partial charge in [-0.2, -0.15) is 0 Å². The lowest BCUT2D eigenvalue weighted by molar-refractivity contribution is 0.112. The molecule has 0 fully saturated rings. The van der Waals surface area contributed by atoms with Gasteiger partial charge in [0.1, 0.15) is 18.6 Å². The molecule has 17 heavy (non-hydrogen) atoms. The van der Waals surface area contributed by atoms with Crippen molar-refractivity contribution in [1.82, 2.24) is 0 Å². The maximum atomic E-state index is 10.5. The highest BCUT2D eigenvalue weighted by molar-refractivity contribution is 6.32. The molecule has 0 aliphatic carbocycles. The Morgan fingerprint density at radius 2 is 1.76 bits per heavy atom. The molecule has 0 aliphatic heterocycles. The average molecular weight is 247 g/mol. The van der Waals surface area contributed by atoms with Crippen molar-refractivity contribution in [2.45, 2.75) is 6.61 Å². The van der Waals surface area contributed by atoms with Gasteiger partial charge in [0.25, 0.3) is 0 Å². The summed E-state index contributed by atoms with van der Waals surface area (Å²) in [6.07, 6.45) is 0.818. The van der Waals surface area contributed by atoms with Gasteiger partial charge in [-0.3, -0.25) is 4.79 Å². The van der Waals surface area contributed by atoms with Gasteiger partial charge >= 0.3 is 0 Å². The van der Waals surface area contributed by atoms with Gasteiger partial charge < -0.3 is 4.74 Å². The fourth-order valence-electron chi connectivity index (χ4n) is 1.42. The summed E-state index contributed by atoms with van der Waals surface area (Å²) in [5.74, 6) is 0.661. The number of hydrogen-bond donors (Lipinski definition) is 0. The quantitative estimate of drug-likeness (QED) is 0.769. The van der Waals surface area contributed by atoms with Gasteiger partial charge in [0.2, 0.25) is 0 Å². The van der Waals surface area contributed by atoms with Gasteiger partial charge in [0, 0.05) is 5.56 Å². The lowest BCUT2D eigenvalue weighted by Gasteiger charge is -2.07. The highest BCUT2D eigenvalue weighted by atomic mass is 35.5. The van der Waals surface area contributed by atoms with Crippen LogP contribution in [0.1, 0.15) is 15.9 Å². The van der Waals surface area contributed by atoms with Gasteiger partial charge in [0.05, 0.1) is 5.02 Å². The van der Waals surface area contributed by atoms with Crippen LogP contribution >= 0.6 is 11.6 Å². The molecule has 0 aromatic heterocycles. The molecule has 0 spiro atoms. The standard InChI is InChI=1S/C14H11ClO2/c15-13-3-1-2-4-14(13)17-10-12-7-5-11(9-16)6-8-12/h1-9H,10H2. The highest BCUT2D eigenvalue weighted by Crippen LogP contribution is 2.24. The molecule has 0 amide bonds. The maximum Gasteiger partial charge on any atom is 0.150 e. The van der Waals surface area contributed by atoms with E-state index in [0.717, 1.165) is 11.8 Å². The smallest absolute Gasteiger partial charge is 0.150 e. The van der Waals surface area contributed by atoms with Crippen LogP contribution in [0.15, 0.2) is 48.5 Å². The van der Waals surface area contributed by atoms with E-state index >= 15 is 0 Å². The third-order valence-electron chi connectivity index (χ3n) is 2.35. The lowest BCUT2D eigenvalue weighted by atomic mass is 10.2. The number of para-hydroxylation sites is 1. The molecule has 0 saturated heterocycles. The fraction of sp³-hybridized carbons (Fsp3) is 0.0714. The van der Waals surface area contributed by atoms with Crippen LogP contribution in [0.25, 0.3) is 0 Å². The SMILES string of the molecule is O=Cc1ccc(COc2ccccc2Cl)cc1. The van der Waals surface area contributed by atoms with E-state index in [1.54, 1.807) is 18.2 Å². The van der Waals surface area contributed by atoms with Gasteiger partial charge in [-0.05, 0) is 17.7 Å². The Labute approximate surface area is 105 Å². The Hall–Kier alpha value is -1.80. The molecule has 2 aromatic rings. The van der Waals surface area contributed by atoms with E-state index in [1.165, 1.54) is 0 Å². The topological polar surface area (TPSA) is 26.3 Å². The first-order valence-electron chi connectivity index (χ1n) is 5.21. The summed E-state index contributed by atoms with van der Waals surface area (Å²) in [6.45, 7) is 0.433. The number of ether oxygens (including phenoxy) is 1. The molecule has 2 rings (SSSR count). The Kier molecular flexibility index (Phi) is 3.78. The van der Waals surface area contributed by atoms with Crippen molar-refractivity contribution < 1.29 is 9.53 Å². The van der Waals surface area contributed by atoms with Crippen molar-refractivity contribution in [3.8, 4) is 5.75 Å². The van der Waals surface area contributed by atoms with Gasteiger partial charge in [-0.15, -0.1) is 0 Å². The Morgan fingerprint density at radius 3 is 2.41 bits per heavy atom. The second kappa shape index (κ2) is 5.51. The van der Waals surface area contributed by atoms with E-state index in [-0.39, 0.29) is 0 Å². The molecule has 0 heterocycles. The molecule has 86 valence electrons. The Morgan fingerprint density at radius 1 is 1.06 bits per heavy atom. The van der Waals surface area contributed by atoms with Crippen LogP contribution in [0.2, 0.25) is 5.02 Å². The number of halogens is 1. The van der Waals surface area contributed by atoms with E-state index in [2.05, 4.69) is 0 Å². The predicted octanol–water partition coefficient (Wildman–Crippen LogP) is 3.73. The zero-order chi connectivity index (χ0) is 12.1. The third kappa shape index (κ3) is 3.08. The van der Waals surface area contributed by atoms with Crippen LogP contribution in [0.3, 0.4) is 0 Å². The molecule has 0 aliphatic rings. The van der Waals surface area contributed by atoms with E-state index in [4.69, 9.17) is 16.3 Å². The van der Waals surface area contributed by atoms with Crippen molar-refractivity contribution >= 4 is 17.9 Å². The van der Waals surface area contributed by atoms with E-state index < -0.39 is 0 Å². The summed E-state index contributed by atoms with van der Waals surface area (Å²) in [5.41, 5.74) is 1.65. The van der Waals surface area contributed by atoms with Crippen LogP contribution in [0.5, 0.6) is 5.75 Å². The van der Waals surface area contributed by atoms with Crippen LogP contribution < -0.4 is 4.74 Å². The van der Waals surface area contributed by atoms with Crippen molar-refractivity contribution in [3.05, 3.63) is 64.7 Å². The van der Waals surface area contributed by atoms with Gasteiger partial charge in [0.15, 0.2) is 0 Å². The molecule has 2 aromatic carbocycles. The van der Waals surface area contributed by atoms with Gasteiger partial charge in [-0.25, -0.2) is 0 Å². The molecule has 0 atom stereocenters. The largest absolute Gasteiger partial charge is 0.487 e. The monoisotopic (exact) mass is 246 g/mol. The summed E-state index contributed by atoms with van der Waals surface area (Å²) in [6, 6.07) is 14.6. The zero-order valence-electron chi connectivity index (χ0n) is 9.10. The first-order chi connectivity index (χ1) is 8.29. The van der Waals surface area contributed by atoms with E-state index in [0.29, 0.717) is 22.9 Å². The summed E-state index contributed by atoms with van der Waals surface area (Å²) >= 11 is 5.97. The molecular formula is C14H11ClO2. The number of benzene rings is 2. The second-order valence-corrected chi connectivity index (χ2v) is 3.99. The molecule has 0 radical (unpaired) electrons. The number of carbonyl (C=O) groups excluding carboxylic acids is 1. The molecule has 0 unspecified atom stereocenters. The molecule has 2 nitrogen and oxygen atoms in total. The average Bonchev–Trinajstić information content (AvgIpc) is 2.38. The fourth-order valence-corrected chi connectivity index (χ4v) is 1.61. The molecule has 3 heteroatoms. The minimum atomic E-state index is 0.433. The Bertz CT molecular complexity index is 506. The predicted molar refractivity (Wildman–Crippen MR) is 67.6 cm³/mol. The number of aldehydes is 1. The van der Waals surface area contributed by atoms with E-state index in [1.807, 2.05) is 30.3 Å². The van der Waals surface area contributed by atoms with Crippen molar-refractivity contribution in [2.24, 2.45) is 0 Å². The summed E-state index contributed by atoms with van der Waals surface area (Å²) in [7, 11) is 0. The lowest BCUT2D eigenvalue weighted by Crippen LogP contribution is -1.96. The van der Waals surface area contributed by atoms with Crippen LogP contribution in [0, 0.1) is 0 Å². The van der Waals surface area contributed by atoms with E-state index in [9.17, 15) is 4.79 Å². The molecular weight excluding hydrogens is 236 g/mol. The minimum absolute atomic E-state index is 0.433. The molecule has 0 N–H and O–H groups in total. The van der Waals surface area contributed by atoms with Crippen molar-refractivity contribution in [3.63, 3.8) is 0 Å². The van der Waals surface area contributed by atoms with Gasteiger partial charge in [-0.1, -0.05) is 48.0 Å². The third-order valence-corrected chi connectivity index (χ3v) is 2.66. The van der Waals surface area contributed by atoms with Crippen LogP contribution in [-0.2, 0) is 6.61 Å². The van der Waals surface area contributed by atoms with Crippen molar-refractivity contribution in [2.75, 3.05) is 0 Å². The summed E-state index contributed by atoms with van der Waals surface area (Å²) < 4.78 is 5.58. The highest BCUT2D eigenvalue weighted by Gasteiger charge is 2.00. The van der Waals surface area contributed by atoms with Crippen LogP contribution in [0.4, 0.5) is 0 Å². The minimum Gasteiger partial charge on any atom is -0.487 e. The zero-order valence-corrected chi connectivity index (χ0v) is 9.85. The summed E-state index contributed by atoms with van der Waals surface area (Å²) in [5, 5.41) is 0.594. The van der Waals surface area contributed by atoms with Crippen LogP contribution in [-0.4, -0.2) is 6.29 Å². The first-order valence-corrected chi connectivity index (χ1v) is 5.59. The number of rotatable bonds is 4. The normalized spacial score (nSPS) is 9.94. The molecule has 0 bridgehead atoms. The second-order valence-electron chi connectivity index (χ2n) is 3.58. The summed E-state index contributed by atoms with van der Waals surface area (Å²) in [4.78, 5) is 10.5. The maximum absolute atomic E-state index is 10.5. The Balaban J connectivity index is 2.02. The number of carbonyl (C=O) groups is 1. The molecule has 0 saturated carbocycles. The first kappa shape index (κ1) is 11.7. The number of hydrogen-bond acceptors (Lipinski definition) is 2. The van der Waals surface area contributed by atoms with Crippen molar-refractivity contribution in [1.29, 1.82) is 0 Å².